The summed E-state index contributed by atoms with van der Waals surface area (Å²) in [5.74, 6) is -0.456. The van der Waals surface area contributed by atoms with Crippen molar-refractivity contribution in [3.63, 3.8) is 0 Å². The number of aromatic nitrogens is 1. The molecule has 1 aromatic carbocycles. The van der Waals surface area contributed by atoms with E-state index < -0.39 is 10.9 Å². The second kappa shape index (κ2) is 5.79. The molecule has 0 saturated carbocycles. The first-order valence-electron chi connectivity index (χ1n) is 5.64. The van der Waals surface area contributed by atoms with Crippen molar-refractivity contribution in [3.8, 4) is 11.6 Å². The van der Waals surface area contributed by atoms with E-state index in [2.05, 4.69) is 4.98 Å². The maximum absolute atomic E-state index is 10.7. The lowest BCUT2D eigenvalue weighted by atomic mass is 10.1. The van der Waals surface area contributed by atoms with E-state index in [1.807, 2.05) is 0 Å². The predicted octanol–water partition coefficient (Wildman–Crippen LogP) is 2.41. The summed E-state index contributed by atoms with van der Waals surface area (Å²) in [7, 11) is 0. The van der Waals surface area contributed by atoms with Gasteiger partial charge in [0, 0.05) is 17.7 Å². The number of carbonyl (C=O) groups is 1. The molecule has 0 saturated heterocycles. The van der Waals surface area contributed by atoms with E-state index in [0.717, 1.165) is 6.20 Å². The van der Waals surface area contributed by atoms with Crippen molar-refractivity contribution in [2.45, 2.75) is 6.42 Å². The Morgan fingerprint density at radius 3 is 2.65 bits per heavy atom. The third-order valence-corrected chi connectivity index (χ3v) is 2.46. The molecule has 20 heavy (non-hydrogen) atoms. The molecule has 1 N–H and O–H groups in total. The van der Waals surface area contributed by atoms with Gasteiger partial charge in [0.15, 0.2) is 0 Å². The van der Waals surface area contributed by atoms with Crippen LogP contribution in [0.15, 0.2) is 42.6 Å². The first-order chi connectivity index (χ1) is 9.56. The van der Waals surface area contributed by atoms with Gasteiger partial charge in [0.1, 0.15) is 11.9 Å². The summed E-state index contributed by atoms with van der Waals surface area (Å²) < 4.78 is 5.45. The molecule has 0 aliphatic carbocycles. The molecule has 2 rings (SSSR count). The molecule has 7 heteroatoms. The largest absolute Gasteiger partial charge is 0.481 e. The highest BCUT2D eigenvalue weighted by Gasteiger charge is 2.10. The molecule has 0 radical (unpaired) electrons. The average molecular weight is 274 g/mol. The zero-order chi connectivity index (χ0) is 14.5. The van der Waals surface area contributed by atoms with E-state index in [1.54, 1.807) is 24.3 Å². The number of benzene rings is 1. The molecule has 0 bridgehead atoms. The molecule has 0 atom stereocenters. The maximum Gasteiger partial charge on any atom is 0.307 e. The van der Waals surface area contributed by atoms with Crippen molar-refractivity contribution in [2.75, 3.05) is 0 Å². The number of aliphatic carboxylic acids is 1. The highest BCUT2D eigenvalue weighted by molar-refractivity contribution is 5.71. The van der Waals surface area contributed by atoms with Gasteiger partial charge in [-0.1, -0.05) is 18.2 Å². The normalized spacial score (nSPS) is 10.0. The maximum atomic E-state index is 10.7. The molecule has 0 spiro atoms. The highest BCUT2D eigenvalue weighted by Crippen LogP contribution is 2.25. The zero-order valence-electron chi connectivity index (χ0n) is 10.2. The first kappa shape index (κ1) is 13.5. The lowest BCUT2D eigenvalue weighted by molar-refractivity contribution is -0.385. The summed E-state index contributed by atoms with van der Waals surface area (Å²) in [5.41, 5.74) is 0.358. The van der Waals surface area contributed by atoms with Crippen LogP contribution in [0.3, 0.4) is 0 Å². The predicted molar refractivity (Wildman–Crippen MR) is 68.7 cm³/mol. The summed E-state index contributed by atoms with van der Waals surface area (Å²) in [4.78, 5) is 24.5. The Kier molecular flexibility index (Phi) is 3.90. The second-order valence-corrected chi connectivity index (χ2v) is 3.89. The number of hydrogen-bond acceptors (Lipinski definition) is 5. The van der Waals surface area contributed by atoms with Crippen LogP contribution < -0.4 is 4.74 Å². The molecule has 2 aromatic rings. The number of para-hydroxylation sites is 1. The molecular formula is C13H10N2O5. The summed E-state index contributed by atoms with van der Waals surface area (Å²) >= 11 is 0. The summed E-state index contributed by atoms with van der Waals surface area (Å²) in [6, 6.07) is 9.27. The highest BCUT2D eigenvalue weighted by atomic mass is 16.6. The Hall–Kier alpha value is -2.96. The van der Waals surface area contributed by atoms with Crippen LogP contribution in [0.1, 0.15) is 5.56 Å². The van der Waals surface area contributed by atoms with Crippen molar-refractivity contribution in [3.05, 3.63) is 58.3 Å². The lowest BCUT2D eigenvalue weighted by Gasteiger charge is -2.08. The van der Waals surface area contributed by atoms with Gasteiger partial charge in [-0.05, 0) is 6.07 Å². The minimum Gasteiger partial charge on any atom is -0.481 e. The van der Waals surface area contributed by atoms with Crippen LogP contribution in [0.2, 0.25) is 0 Å². The van der Waals surface area contributed by atoms with Crippen molar-refractivity contribution >= 4 is 11.7 Å². The average Bonchev–Trinajstić information content (AvgIpc) is 2.41. The quantitative estimate of drug-likeness (QED) is 0.663. The van der Waals surface area contributed by atoms with Gasteiger partial charge in [-0.3, -0.25) is 14.9 Å². The van der Waals surface area contributed by atoms with Crippen LogP contribution >= 0.6 is 0 Å². The topological polar surface area (TPSA) is 103 Å². The number of rotatable bonds is 5. The van der Waals surface area contributed by atoms with Crippen LogP contribution in [0.25, 0.3) is 0 Å². The summed E-state index contributed by atoms with van der Waals surface area (Å²) in [6.45, 7) is 0. The molecule has 0 aliphatic rings. The van der Waals surface area contributed by atoms with Crippen molar-refractivity contribution in [1.82, 2.24) is 4.98 Å². The molecule has 1 aromatic heterocycles. The molecule has 0 fully saturated rings. The van der Waals surface area contributed by atoms with E-state index in [4.69, 9.17) is 9.84 Å². The van der Waals surface area contributed by atoms with E-state index in [-0.39, 0.29) is 18.0 Å². The number of hydrogen-bond donors (Lipinski definition) is 1. The van der Waals surface area contributed by atoms with E-state index in [1.165, 1.54) is 12.1 Å². The fraction of sp³-hybridized carbons (Fsp3) is 0.0769. The molecule has 0 unspecified atom stereocenters. The number of ether oxygens (including phenoxy) is 1. The summed E-state index contributed by atoms with van der Waals surface area (Å²) in [5, 5.41) is 19.3. The monoisotopic (exact) mass is 274 g/mol. The molecule has 7 nitrogen and oxygen atoms in total. The number of carboxylic acid groups (broad SMARTS) is 1. The van der Waals surface area contributed by atoms with Crippen LogP contribution in [-0.4, -0.2) is 21.0 Å². The van der Waals surface area contributed by atoms with Crippen molar-refractivity contribution in [2.24, 2.45) is 0 Å². The zero-order valence-corrected chi connectivity index (χ0v) is 10.2. The van der Waals surface area contributed by atoms with E-state index in [9.17, 15) is 14.9 Å². The van der Waals surface area contributed by atoms with Gasteiger partial charge in [-0.2, -0.15) is 0 Å². The van der Waals surface area contributed by atoms with Gasteiger partial charge in [0.2, 0.25) is 5.88 Å². The minimum absolute atomic E-state index is 0.142. The Morgan fingerprint density at radius 1 is 1.30 bits per heavy atom. The van der Waals surface area contributed by atoms with E-state index in [0.29, 0.717) is 11.3 Å². The first-order valence-corrected chi connectivity index (χ1v) is 5.64. The van der Waals surface area contributed by atoms with Gasteiger partial charge in [-0.15, -0.1) is 0 Å². The van der Waals surface area contributed by atoms with Crippen LogP contribution in [0, 0.1) is 10.1 Å². The standard InChI is InChI=1S/C13H10N2O5/c16-13(17)7-9-3-1-2-4-11(9)20-12-6-5-10(8-14-12)15(18)19/h1-6,8H,7H2,(H,16,17). The minimum atomic E-state index is -0.974. The SMILES string of the molecule is O=C(O)Cc1ccccc1Oc1ccc([N+](=O)[O-])cn1. The van der Waals surface area contributed by atoms with Crippen LogP contribution in [0.5, 0.6) is 11.6 Å². The molecule has 0 aliphatic heterocycles. The Morgan fingerprint density at radius 2 is 2.05 bits per heavy atom. The number of nitro groups is 1. The van der Waals surface area contributed by atoms with Gasteiger partial charge in [0.25, 0.3) is 5.69 Å². The number of carboxylic acids is 1. The smallest absolute Gasteiger partial charge is 0.307 e. The number of nitrogens with zero attached hydrogens (tertiary/aromatic N) is 2. The van der Waals surface area contributed by atoms with Gasteiger partial charge in [0.05, 0.1) is 11.3 Å². The molecule has 102 valence electrons. The molecular weight excluding hydrogens is 264 g/mol. The Labute approximate surface area is 113 Å². The van der Waals surface area contributed by atoms with E-state index >= 15 is 0 Å². The van der Waals surface area contributed by atoms with Crippen LogP contribution in [0.4, 0.5) is 5.69 Å². The van der Waals surface area contributed by atoms with Crippen molar-refractivity contribution in [1.29, 1.82) is 0 Å². The van der Waals surface area contributed by atoms with Gasteiger partial charge in [-0.25, -0.2) is 4.98 Å². The third-order valence-electron chi connectivity index (χ3n) is 2.46. The third kappa shape index (κ3) is 3.29. The van der Waals surface area contributed by atoms with Gasteiger partial charge >= 0.3 is 5.97 Å². The molecule has 1 heterocycles. The fourth-order valence-electron chi connectivity index (χ4n) is 1.57. The second-order valence-electron chi connectivity index (χ2n) is 3.89. The summed E-state index contributed by atoms with van der Waals surface area (Å²) in [6.07, 6.45) is 0.901. The Bertz CT molecular complexity index is 639. The lowest BCUT2D eigenvalue weighted by Crippen LogP contribution is -2.02. The number of pyridine rings is 1. The van der Waals surface area contributed by atoms with Crippen molar-refractivity contribution < 1.29 is 19.6 Å². The Balaban J connectivity index is 2.21. The van der Waals surface area contributed by atoms with Crippen LogP contribution in [-0.2, 0) is 11.2 Å². The molecule has 0 amide bonds. The fourth-order valence-corrected chi connectivity index (χ4v) is 1.57. The van der Waals surface area contributed by atoms with Gasteiger partial charge < -0.3 is 9.84 Å².